The van der Waals surface area contributed by atoms with Gasteiger partial charge in [-0.25, -0.2) is 13.8 Å². The number of hydrogen-bond acceptors (Lipinski definition) is 3. The maximum absolute atomic E-state index is 13.5. The predicted octanol–water partition coefficient (Wildman–Crippen LogP) is 3.21. The third-order valence-corrected chi connectivity index (χ3v) is 2.84. The maximum atomic E-state index is 13.5. The van der Waals surface area contributed by atoms with Crippen molar-refractivity contribution in [2.24, 2.45) is 0 Å². The van der Waals surface area contributed by atoms with Crippen molar-refractivity contribution in [3.05, 3.63) is 23.9 Å². The maximum Gasteiger partial charge on any atom is 0.168 e. The van der Waals surface area contributed by atoms with Crippen LogP contribution in [-0.4, -0.2) is 30.7 Å². The molecule has 1 fully saturated rings. The second kappa shape index (κ2) is 8.80. The molecule has 3 nitrogen and oxygen atoms in total. The topological polar surface area (TPSA) is 28.2 Å². The Bertz CT molecular complexity index is 372. The first-order valence-corrected chi connectivity index (χ1v) is 6.50. The number of nitrogens with zero attached hydrogens (tertiary/aromatic N) is 2. The molecule has 0 amide bonds. The van der Waals surface area contributed by atoms with E-state index in [9.17, 15) is 8.78 Å². The molecule has 1 aromatic rings. The van der Waals surface area contributed by atoms with Crippen LogP contribution in [0.5, 0.6) is 0 Å². The van der Waals surface area contributed by atoms with Gasteiger partial charge < -0.3 is 10.2 Å². The van der Waals surface area contributed by atoms with Crippen LogP contribution in [0.25, 0.3) is 0 Å². The van der Waals surface area contributed by atoms with Gasteiger partial charge in [0.1, 0.15) is 5.82 Å². The molecule has 0 unspecified atom stereocenters. The third-order valence-electron chi connectivity index (χ3n) is 2.84. The van der Waals surface area contributed by atoms with E-state index in [2.05, 4.69) is 17.2 Å². The van der Waals surface area contributed by atoms with Crippen molar-refractivity contribution in [1.29, 1.82) is 0 Å². The van der Waals surface area contributed by atoms with E-state index in [1.54, 1.807) is 0 Å². The van der Waals surface area contributed by atoms with Crippen molar-refractivity contribution in [2.75, 3.05) is 24.5 Å². The summed E-state index contributed by atoms with van der Waals surface area (Å²) in [6.07, 6.45) is 2.04. The molecule has 0 aromatic carbocycles. The zero-order valence-corrected chi connectivity index (χ0v) is 11.2. The Hall–Kier alpha value is -1.23. The molecule has 5 heteroatoms. The van der Waals surface area contributed by atoms with Crippen LogP contribution in [-0.2, 0) is 0 Å². The quantitative estimate of drug-likeness (QED) is 0.897. The molecule has 0 spiro atoms. The van der Waals surface area contributed by atoms with Gasteiger partial charge in [0.05, 0.1) is 6.20 Å². The standard InChI is InChI=1S/C11H15F2N3.C2H6.CH4/c1-2-9-7-16(4-3-14-9)11-10(13)5-8(12)6-15-11;1-2;/h5-6,9,14H,2-4,7H2,1H3;1-2H3;1H4/t9-;;/m1../s1. The first-order chi connectivity index (χ1) is 8.70. The van der Waals surface area contributed by atoms with Crippen molar-refractivity contribution < 1.29 is 8.78 Å². The summed E-state index contributed by atoms with van der Waals surface area (Å²) in [5, 5.41) is 3.33. The van der Waals surface area contributed by atoms with E-state index < -0.39 is 11.6 Å². The summed E-state index contributed by atoms with van der Waals surface area (Å²) in [4.78, 5) is 5.68. The molecular formula is C14H25F2N3. The zero-order chi connectivity index (χ0) is 13.5. The Morgan fingerprint density at radius 1 is 1.42 bits per heavy atom. The fourth-order valence-corrected chi connectivity index (χ4v) is 1.93. The average Bonchev–Trinajstić information content (AvgIpc) is 2.41. The highest BCUT2D eigenvalue weighted by molar-refractivity contribution is 5.40. The minimum atomic E-state index is -0.636. The molecule has 1 saturated heterocycles. The number of rotatable bonds is 2. The van der Waals surface area contributed by atoms with Crippen molar-refractivity contribution in [1.82, 2.24) is 10.3 Å². The number of anilines is 1. The van der Waals surface area contributed by atoms with E-state index in [-0.39, 0.29) is 13.2 Å². The molecule has 0 saturated carbocycles. The van der Waals surface area contributed by atoms with Crippen LogP contribution in [0.15, 0.2) is 12.3 Å². The van der Waals surface area contributed by atoms with Gasteiger partial charge in [-0.05, 0) is 6.42 Å². The fourth-order valence-electron chi connectivity index (χ4n) is 1.93. The summed E-state index contributed by atoms with van der Waals surface area (Å²) in [6.45, 7) is 8.30. The first-order valence-electron chi connectivity index (χ1n) is 6.50. The van der Waals surface area contributed by atoms with Gasteiger partial charge in [0.15, 0.2) is 11.6 Å². The van der Waals surface area contributed by atoms with Gasteiger partial charge in [0.25, 0.3) is 0 Å². The molecular weight excluding hydrogens is 248 g/mol. The smallest absolute Gasteiger partial charge is 0.168 e. The number of nitrogens with one attached hydrogen (secondary N) is 1. The fraction of sp³-hybridized carbons (Fsp3) is 0.643. The van der Waals surface area contributed by atoms with E-state index >= 15 is 0 Å². The van der Waals surface area contributed by atoms with Crippen LogP contribution in [0.3, 0.4) is 0 Å². The Kier molecular flexibility index (Phi) is 8.23. The van der Waals surface area contributed by atoms with Gasteiger partial charge in [-0.3, -0.25) is 0 Å². The summed E-state index contributed by atoms with van der Waals surface area (Å²) in [6, 6.07) is 1.23. The molecule has 1 N–H and O–H groups in total. The van der Waals surface area contributed by atoms with Gasteiger partial charge in [-0.15, -0.1) is 0 Å². The van der Waals surface area contributed by atoms with Crippen molar-refractivity contribution in [3.8, 4) is 0 Å². The van der Waals surface area contributed by atoms with Crippen LogP contribution in [0, 0.1) is 11.6 Å². The lowest BCUT2D eigenvalue weighted by atomic mass is 10.1. The van der Waals surface area contributed by atoms with Gasteiger partial charge in [-0.1, -0.05) is 28.2 Å². The lowest BCUT2D eigenvalue weighted by Gasteiger charge is -2.34. The van der Waals surface area contributed by atoms with Crippen molar-refractivity contribution in [3.63, 3.8) is 0 Å². The highest BCUT2D eigenvalue weighted by atomic mass is 19.1. The number of halogens is 2. The second-order valence-electron chi connectivity index (χ2n) is 3.96. The van der Waals surface area contributed by atoms with Crippen LogP contribution in [0.1, 0.15) is 34.6 Å². The third kappa shape index (κ3) is 4.74. The summed E-state index contributed by atoms with van der Waals surface area (Å²) in [7, 11) is 0. The molecule has 0 bridgehead atoms. The van der Waals surface area contributed by atoms with Gasteiger partial charge in [-0.2, -0.15) is 0 Å². The van der Waals surface area contributed by atoms with E-state index in [4.69, 9.17) is 0 Å². The lowest BCUT2D eigenvalue weighted by Crippen LogP contribution is -2.51. The van der Waals surface area contributed by atoms with Gasteiger partial charge in [0, 0.05) is 31.7 Å². The molecule has 0 radical (unpaired) electrons. The molecule has 1 aromatic heterocycles. The Balaban J connectivity index is 0.00000103. The van der Waals surface area contributed by atoms with E-state index in [0.717, 1.165) is 25.2 Å². The molecule has 2 rings (SSSR count). The minimum Gasteiger partial charge on any atom is -0.351 e. The highest BCUT2D eigenvalue weighted by Gasteiger charge is 2.21. The van der Waals surface area contributed by atoms with E-state index in [1.165, 1.54) is 0 Å². The summed E-state index contributed by atoms with van der Waals surface area (Å²) in [5.74, 6) is -0.971. The number of piperazine rings is 1. The summed E-state index contributed by atoms with van der Waals surface area (Å²) in [5.41, 5.74) is 0. The largest absolute Gasteiger partial charge is 0.351 e. The average molecular weight is 273 g/mol. The highest BCUT2D eigenvalue weighted by Crippen LogP contribution is 2.18. The number of hydrogen-bond donors (Lipinski definition) is 1. The SMILES string of the molecule is C.CC.CC[C@@H]1CN(c2ncc(F)cc2F)CCN1. The van der Waals surface area contributed by atoms with Gasteiger partial charge in [0.2, 0.25) is 0 Å². The molecule has 19 heavy (non-hydrogen) atoms. The zero-order valence-electron chi connectivity index (χ0n) is 11.2. The lowest BCUT2D eigenvalue weighted by molar-refractivity contribution is 0.439. The van der Waals surface area contributed by atoms with Crippen LogP contribution >= 0.6 is 0 Å². The minimum absolute atomic E-state index is 0. The predicted molar refractivity (Wildman–Crippen MR) is 76.5 cm³/mol. The van der Waals surface area contributed by atoms with E-state index in [0.29, 0.717) is 19.1 Å². The Morgan fingerprint density at radius 3 is 2.68 bits per heavy atom. The van der Waals surface area contributed by atoms with Crippen LogP contribution < -0.4 is 10.2 Å². The van der Waals surface area contributed by atoms with E-state index in [1.807, 2.05) is 18.7 Å². The van der Waals surface area contributed by atoms with Crippen molar-refractivity contribution >= 4 is 5.82 Å². The Morgan fingerprint density at radius 2 is 2.11 bits per heavy atom. The molecule has 1 aliphatic heterocycles. The molecule has 1 aliphatic rings. The first kappa shape index (κ1) is 17.8. The monoisotopic (exact) mass is 273 g/mol. The second-order valence-corrected chi connectivity index (χ2v) is 3.96. The number of aromatic nitrogens is 1. The normalized spacial score (nSPS) is 18.2. The molecule has 2 heterocycles. The molecule has 1 atom stereocenters. The summed E-state index contributed by atoms with van der Waals surface area (Å²) >= 11 is 0. The molecule has 110 valence electrons. The summed E-state index contributed by atoms with van der Waals surface area (Å²) < 4.78 is 26.2. The number of pyridine rings is 1. The Labute approximate surface area is 115 Å². The van der Waals surface area contributed by atoms with Crippen molar-refractivity contribution in [2.45, 2.75) is 40.7 Å². The van der Waals surface area contributed by atoms with Gasteiger partial charge >= 0.3 is 0 Å². The van der Waals surface area contributed by atoms with Crippen LogP contribution in [0.4, 0.5) is 14.6 Å². The van der Waals surface area contributed by atoms with Crippen LogP contribution in [0.2, 0.25) is 0 Å². The molecule has 0 aliphatic carbocycles.